The number of amides is 1. The van der Waals surface area contributed by atoms with Crippen LogP contribution >= 0.6 is 0 Å². The van der Waals surface area contributed by atoms with Gasteiger partial charge in [0.1, 0.15) is 18.0 Å². The molecule has 150 valence electrons. The van der Waals surface area contributed by atoms with Crippen molar-refractivity contribution in [1.82, 2.24) is 20.3 Å². The summed E-state index contributed by atoms with van der Waals surface area (Å²) in [5, 5.41) is 5.94. The number of nitrogens with one attached hydrogen (secondary N) is 2. The first-order chi connectivity index (χ1) is 14.0. The average molecular weight is 395 g/mol. The minimum Gasteiger partial charge on any atom is -0.480 e. The van der Waals surface area contributed by atoms with Crippen molar-refractivity contribution in [3.05, 3.63) is 65.5 Å². The molecule has 1 aromatic carbocycles. The molecule has 0 unspecified atom stereocenters. The van der Waals surface area contributed by atoms with Crippen LogP contribution in [0.3, 0.4) is 0 Å². The molecule has 3 rings (SSSR count). The second kappa shape index (κ2) is 9.09. The molecule has 8 heteroatoms. The molecule has 0 aliphatic heterocycles. The Hall–Kier alpha value is -3.55. The lowest BCUT2D eigenvalue weighted by atomic mass is 10.0. The predicted molar refractivity (Wildman–Crippen MR) is 109 cm³/mol. The zero-order valence-corrected chi connectivity index (χ0v) is 16.5. The first kappa shape index (κ1) is 20.2. The van der Waals surface area contributed by atoms with E-state index >= 15 is 0 Å². The van der Waals surface area contributed by atoms with Crippen LogP contribution < -0.4 is 15.4 Å². The number of aromatic nitrogens is 3. The molecule has 0 spiro atoms. The highest BCUT2D eigenvalue weighted by Gasteiger charge is 2.16. The number of carbonyl (C=O) groups excluding carboxylic acids is 1. The standard InChI is InChI=1S/C21H22FN5O2/c1-13-5-4-6-23-19(13)24-7-8-25-20(28)16-9-15(10-17(22)11-16)18-14(2)26-12-27-21(18)29-3/h4-6,9-12H,7-8H2,1-3H3,(H,23,24)(H,25,28). The average Bonchev–Trinajstić information content (AvgIpc) is 2.71. The third-order valence-corrected chi connectivity index (χ3v) is 4.36. The number of halogens is 1. The number of nitrogens with zero attached hydrogens (tertiary/aromatic N) is 3. The van der Waals surface area contributed by atoms with E-state index in [-0.39, 0.29) is 11.5 Å². The van der Waals surface area contributed by atoms with E-state index in [4.69, 9.17) is 4.74 Å². The lowest BCUT2D eigenvalue weighted by Crippen LogP contribution is -2.29. The van der Waals surface area contributed by atoms with Crippen molar-refractivity contribution in [1.29, 1.82) is 0 Å². The lowest BCUT2D eigenvalue weighted by molar-refractivity contribution is 0.0954. The number of hydrogen-bond donors (Lipinski definition) is 2. The summed E-state index contributed by atoms with van der Waals surface area (Å²) in [6.45, 7) is 4.57. The van der Waals surface area contributed by atoms with E-state index in [1.54, 1.807) is 19.2 Å². The number of hydrogen-bond acceptors (Lipinski definition) is 6. The van der Waals surface area contributed by atoms with Crippen molar-refractivity contribution in [2.24, 2.45) is 0 Å². The molecule has 0 radical (unpaired) electrons. The van der Waals surface area contributed by atoms with Gasteiger partial charge in [0.15, 0.2) is 0 Å². The normalized spacial score (nSPS) is 10.5. The molecular weight excluding hydrogens is 373 g/mol. The van der Waals surface area contributed by atoms with Crippen LogP contribution in [0.25, 0.3) is 11.1 Å². The van der Waals surface area contributed by atoms with Gasteiger partial charge in [-0.1, -0.05) is 6.07 Å². The summed E-state index contributed by atoms with van der Waals surface area (Å²) in [6, 6.07) is 7.93. The molecular formula is C21H22FN5O2. The van der Waals surface area contributed by atoms with Gasteiger partial charge in [-0.3, -0.25) is 4.79 Å². The van der Waals surface area contributed by atoms with Gasteiger partial charge in [-0.25, -0.2) is 19.3 Å². The Morgan fingerprint density at radius 2 is 1.97 bits per heavy atom. The summed E-state index contributed by atoms with van der Waals surface area (Å²) in [6.07, 6.45) is 3.08. The molecule has 1 amide bonds. The van der Waals surface area contributed by atoms with Gasteiger partial charge >= 0.3 is 0 Å². The van der Waals surface area contributed by atoms with Crippen molar-refractivity contribution in [3.8, 4) is 17.0 Å². The second-order valence-electron chi connectivity index (χ2n) is 6.42. The molecule has 0 saturated heterocycles. The number of aryl methyl sites for hydroxylation is 2. The van der Waals surface area contributed by atoms with Crippen LogP contribution in [0.15, 0.2) is 42.9 Å². The van der Waals surface area contributed by atoms with E-state index in [0.29, 0.717) is 35.8 Å². The SMILES string of the molecule is COc1ncnc(C)c1-c1cc(F)cc(C(=O)NCCNc2ncccc2C)c1. The van der Waals surface area contributed by atoms with Gasteiger partial charge in [0, 0.05) is 24.8 Å². The third-order valence-electron chi connectivity index (χ3n) is 4.36. The van der Waals surface area contributed by atoms with Gasteiger partial charge in [0.2, 0.25) is 5.88 Å². The molecule has 0 aliphatic rings. The van der Waals surface area contributed by atoms with Gasteiger partial charge in [-0.05, 0) is 49.2 Å². The van der Waals surface area contributed by atoms with E-state index < -0.39 is 5.82 Å². The quantitative estimate of drug-likeness (QED) is 0.598. The number of benzene rings is 1. The molecule has 2 aromatic heterocycles. The summed E-state index contributed by atoms with van der Waals surface area (Å²) < 4.78 is 19.5. The number of ether oxygens (including phenoxy) is 1. The highest BCUT2D eigenvalue weighted by molar-refractivity contribution is 5.95. The summed E-state index contributed by atoms with van der Waals surface area (Å²) in [4.78, 5) is 25.0. The first-order valence-corrected chi connectivity index (χ1v) is 9.10. The molecule has 0 atom stereocenters. The molecule has 0 fully saturated rings. The molecule has 2 N–H and O–H groups in total. The molecule has 29 heavy (non-hydrogen) atoms. The van der Waals surface area contributed by atoms with E-state index in [0.717, 1.165) is 11.4 Å². The molecule has 7 nitrogen and oxygen atoms in total. The summed E-state index contributed by atoms with van der Waals surface area (Å²) in [5.74, 6) is 0.185. The zero-order valence-electron chi connectivity index (χ0n) is 16.5. The third kappa shape index (κ3) is 4.84. The maximum atomic E-state index is 14.2. The van der Waals surface area contributed by atoms with Crippen LogP contribution in [0.5, 0.6) is 5.88 Å². The molecule has 2 heterocycles. The van der Waals surface area contributed by atoms with E-state index in [1.807, 2.05) is 19.1 Å². The topological polar surface area (TPSA) is 89.0 Å². The fourth-order valence-corrected chi connectivity index (χ4v) is 2.93. The number of rotatable bonds is 7. The summed E-state index contributed by atoms with van der Waals surface area (Å²) >= 11 is 0. The van der Waals surface area contributed by atoms with Gasteiger partial charge in [0.25, 0.3) is 5.91 Å². The Labute approximate surface area is 168 Å². The highest BCUT2D eigenvalue weighted by atomic mass is 19.1. The van der Waals surface area contributed by atoms with Crippen molar-refractivity contribution in [3.63, 3.8) is 0 Å². The van der Waals surface area contributed by atoms with Crippen LogP contribution in [0.2, 0.25) is 0 Å². The van der Waals surface area contributed by atoms with Gasteiger partial charge in [-0.15, -0.1) is 0 Å². The van der Waals surface area contributed by atoms with Gasteiger partial charge in [-0.2, -0.15) is 0 Å². The van der Waals surface area contributed by atoms with Crippen molar-refractivity contribution in [2.75, 3.05) is 25.5 Å². The smallest absolute Gasteiger partial charge is 0.251 e. The minimum absolute atomic E-state index is 0.208. The first-order valence-electron chi connectivity index (χ1n) is 9.10. The van der Waals surface area contributed by atoms with E-state index in [2.05, 4.69) is 25.6 Å². The Kier molecular flexibility index (Phi) is 6.33. The number of pyridine rings is 1. The Morgan fingerprint density at radius 1 is 1.14 bits per heavy atom. The van der Waals surface area contributed by atoms with Crippen LogP contribution in [0, 0.1) is 19.7 Å². The minimum atomic E-state index is -0.528. The second-order valence-corrected chi connectivity index (χ2v) is 6.42. The van der Waals surface area contributed by atoms with E-state index in [1.165, 1.54) is 25.6 Å². The number of methoxy groups -OCH3 is 1. The van der Waals surface area contributed by atoms with Crippen molar-refractivity contribution < 1.29 is 13.9 Å². The van der Waals surface area contributed by atoms with Gasteiger partial charge < -0.3 is 15.4 Å². The Bertz CT molecular complexity index is 1030. The maximum absolute atomic E-state index is 14.2. The van der Waals surface area contributed by atoms with Crippen LogP contribution in [-0.4, -0.2) is 41.1 Å². The predicted octanol–water partition coefficient (Wildman–Crippen LogP) is 3.15. The fraction of sp³-hybridized carbons (Fsp3) is 0.238. The molecule has 0 saturated carbocycles. The Balaban J connectivity index is 1.71. The van der Waals surface area contributed by atoms with Crippen LogP contribution in [0.1, 0.15) is 21.6 Å². The summed E-state index contributed by atoms with van der Waals surface area (Å²) in [5.41, 5.74) is 2.88. The maximum Gasteiger partial charge on any atom is 0.251 e. The lowest BCUT2D eigenvalue weighted by Gasteiger charge is -2.12. The van der Waals surface area contributed by atoms with Crippen molar-refractivity contribution >= 4 is 11.7 Å². The highest BCUT2D eigenvalue weighted by Crippen LogP contribution is 2.31. The monoisotopic (exact) mass is 395 g/mol. The molecule has 3 aromatic rings. The largest absolute Gasteiger partial charge is 0.480 e. The van der Waals surface area contributed by atoms with Gasteiger partial charge in [0.05, 0.1) is 18.4 Å². The zero-order chi connectivity index (χ0) is 20.8. The van der Waals surface area contributed by atoms with Crippen molar-refractivity contribution in [2.45, 2.75) is 13.8 Å². The summed E-state index contributed by atoms with van der Waals surface area (Å²) in [7, 11) is 1.48. The number of anilines is 1. The fourth-order valence-electron chi connectivity index (χ4n) is 2.93. The molecule has 0 aliphatic carbocycles. The molecule has 0 bridgehead atoms. The van der Waals surface area contributed by atoms with Crippen LogP contribution in [-0.2, 0) is 0 Å². The number of carbonyl (C=O) groups is 1. The Morgan fingerprint density at radius 3 is 2.72 bits per heavy atom. The van der Waals surface area contributed by atoms with Crippen LogP contribution in [0.4, 0.5) is 10.2 Å². The van der Waals surface area contributed by atoms with E-state index in [9.17, 15) is 9.18 Å².